The summed E-state index contributed by atoms with van der Waals surface area (Å²) in [5, 5.41) is 8.85. The number of rotatable bonds is 8. The minimum atomic E-state index is -2.64. The Kier molecular flexibility index (Phi) is 6.87. The van der Waals surface area contributed by atoms with E-state index in [9.17, 15) is 13.6 Å². The molecular weight excluding hydrogens is 284 g/mol. The quantitative estimate of drug-likeness (QED) is 0.787. The lowest BCUT2D eigenvalue weighted by Crippen LogP contribution is -2.38. The summed E-state index contributed by atoms with van der Waals surface area (Å²) in [5.74, 6) is 0.527. The first-order valence-electron chi connectivity index (χ1n) is 6.39. The normalized spacial score (nSPS) is 10.6. The molecule has 7 heteroatoms. The largest absolute Gasteiger partial charge is 0.497 e. The van der Waals surface area contributed by atoms with Gasteiger partial charge in [0.15, 0.2) is 0 Å². The minimum absolute atomic E-state index is 0.0834. The van der Waals surface area contributed by atoms with E-state index in [0.29, 0.717) is 17.1 Å². The molecule has 0 saturated carbocycles. The highest BCUT2D eigenvalue weighted by Crippen LogP contribution is 2.25. The zero-order chi connectivity index (χ0) is 15.8. The number of carbonyl (C=O) groups is 1. The van der Waals surface area contributed by atoms with E-state index in [1.165, 1.54) is 14.2 Å². The molecule has 0 unspecified atom stereocenters. The molecule has 118 valence electrons. The average molecular weight is 303 g/mol. The minimum Gasteiger partial charge on any atom is -0.497 e. The van der Waals surface area contributed by atoms with Crippen molar-refractivity contribution in [1.82, 2.24) is 4.90 Å². The van der Waals surface area contributed by atoms with Crippen LogP contribution in [0.2, 0.25) is 0 Å². The SMILES string of the molecule is COc1ccc(CC(=O)N(CCO)CC(F)F)c(OC)c1. The summed E-state index contributed by atoms with van der Waals surface area (Å²) in [5.41, 5.74) is 0.570. The van der Waals surface area contributed by atoms with Crippen molar-refractivity contribution in [2.24, 2.45) is 0 Å². The van der Waals surface area contributed by atoms with Crippen molar-refractivity contribution in [1.29, 1.82) is 0 Å². The zero-order valence-corrected chi connectivity index (χ0v) is 12.0. The third kappa shape index (κ3) is 5.18. The Bertz CT molecular complexity index is 468. The number of aliphatic hydroxyl groups excluding tert-OH is 1. The maximum atomic E-state index is 12.4. The molecule has 0 saturated heterocycles. The molecule has 21 heavy (non-hydrogen) atoms. The Morgan fingerprint density at radius 2 is 2.05 bits per heavy atom. The van der Waals surface area contributed by atoms with Gasteiger partial charge in [-0.2, -0.15) is 0 Å². The number of nitrogens with zero attached hydrogens (tertiary/aromatic N) is 1. The lowest BCUT2D eigenvalue weighted by Gasteiger charge is -2.21. The van der Waals surface area contributed by atoms with E-state index >= 15 is 0 Å². The summed E-state index contributed by atoms with van der Waals surface area (Å²) in [6.45, 7) is -1.18. The molecule has 0 aromatic heterocycles. The molecule has 1 aromatic rings. The van der Waals surface area contributed by atoms with Gasteiger partial charge in [0.25, 0.3) is 6.43 Å². The number of methoxy groups -OCH3 is 2. The van der Waals surface area contributed by atoms with Crippen molar-refractivity contribution in [2.75, 3.05) is 33.9 Å². The number of amides is 1. The molecule has 1 N–H and O–H groups in total. The summed E-state index contributed by atoms with van der Waals surface area (Å²) in [4.78, 5) is 13.0. The standard InChI is InChI=1S/C14H19F2NO4/c1-20-11-4-3-10(12(8-11)21-2)7-14(19)17(5-6-18)9-13(15)16/h3-4,8,13,18H,5-7,9H2,1-2H3. The van der Waals surface area contributed by atoms with Crippen molar-refractivity contribution in [3.63, 3.8) is 0 Å². The van der Waals surface area contributed by atoms with Crippen LogP contribution in [0.1, 0.15) is 5.56 Å². The summed E-state index contributed by atoms with van der Waals surface area (Å²) in [6, 6.07) is 4.93. The summed E-state index contributed by atoms with van der Waals surface area (Å²) >= 11 is 0. The number of benzene rings is 1. The van der Waals surface area contributed by atoms with Crippen molar-refractivity contribution < 1.29 is 28.2 Å². The lowest BCUT2D eigenvalue weighted by atomic mass is 10.1. The van der Waals surface area contributed by atoms with E-state index in [4.69, 9.17) is 14.6 Å². The monoisotopic (exact) mass is 303 g/mol. The number of ether oxygens (including phenoxy) is 2. The van der Waals surface area contributed by atoms with Crippen LogP contribution in [0, 0.1) is 0 Å². The van der Waals surface area contributed by atoms with Gasteiger partial charge < -0.3 is 19.5 Å². The Labute approximate surface area is 122 Å². The van der Waals surface area contributed by atoms with E-state index in [1.54, 1.807) is 18.2 Å². The van der Waals surface area contributed by atoms with Gasteiger partial charge in [0.1, 0.15) is 11.5 Å². The molecule has 0 radical (unpaired) electrons. The first-order valence-corrected chi connectivity index (χ1v) is 6.39. The molecule has 1 aromatic carbocycles. The highest BCUT2D eigenvalue weighted by molar-refractivity contribution is 5.79. The van der Waals surface area contributed by atoms with Gasteiger partial charge in [0.2, 0.25) is 5.91 Å². The fourth-order valence-corrected chi connectivity index (χ4v) is 1.88. The summed E-state index contributed by atoms with van der Waals surface area (Å²) in [6.07, 6.45) is -2.72. The molecule has 0 aliphatic carbocycles. The highest BCUT2D eigenvalue weighted by Gasteiger charge is 2.19. The average Bonchev–Trinajstić information content (AvgIpc) is 2.46. The van der Waals surface area contributed by atoms with Gasteiger partial charge in [0.05, 0.1) is 33.8 Å². The summed E-state index contributed by atoms with van der Waals surface area (Å²) < 4.78 is 35.1. The number of aliphatic hydroxyl groups is 1. The van der Waals surface area contributed by atoms with Crippen molar-refractivity contribution in [3.8, 4) is 11.5 Å². The number of hydrogen-bond donors (Lipinski definition) is 1. The van der Waals surface area contributed by atoms with Crippen LogP contribution in [-0.2, 0) is 11.2 Å². The van der Waals surface area contributed by atoms with Crippen LogP contribution in [0.4, 0.5) is 8.78 Å². The smallest absolute Gasteiger partial charge is 0.255 e. The van der Waals surface area contributed by atoms with E-state index < -0.39 is 18.9 Å². The fourth-order valence-electron chi connectivity index (χ4n) is 1.88. The van der Waals surface area contributed by atoms with Gasteiger partial charge in [-0.1, -0.05) is 6.07 Å². The summed E-state index contributed by atoms with van der Waals surface area (Å²) in [7, 11) is 2.96. The van der Waals surface area contributed by atoms with E-state index in [1.807, 2.05) is 0 Å². The number of hydrogen-bond acceptors (Lipinski definition) is 4. The van der Waals surface area contributed by atoms with Crippen LogP contribution in [-0.4, -0.2) is 56.3 Å². The molecule has 0 aliphatic rings. The second-order valence-corrected chi connectivity index (χ2v) is 4.31. The molecule has 0 spiro atoms. The van der Waals surface area contributed by atoms with Gasteiger partial charge in [-0.25, -0.2) is 8.78 Å². The Balaban J connectivity index is 2.84. The maximum Gasteiger partial charge on any atom is 0.255 e. The van der Waals surface area contributed by atoms with Crippen LogP contribution in [0.3, 0.4) is 0 Å². The van der Waals surface area contributed by atoms with E-state index in [2.05, 4.69) is 0 Å². The van der Waals surface area contributed by atoms with E-state index in [0.717, 1.165) is 4.90 Å². The predicted octanol–water partition coefficient (Wildman–Crippen LogP) is 1.33. The van der Waals surface area contributed by atoms with E-state index in [-0.39, 0.29) is 19.6 Å². The van der Waals surface area contributed by atoms with Crippen LogP contribution in [0.5, 0.6) is 11.5 Å². The predicted molar refractivity (Wildman–Crippen MR) is 72.9 cm³/mol. The van der Waals surface area contributed by atoms with Crippen molar-refractivity contribution >= 4 is 5.91 Å². The molecule has 0 fully saturated rings. The Morgan fingerprint density at radius 3 is 2.57 bits per heavy atom. The Hall–Kier alpha value is -1.89. The molecule has 0 atom stereocenters. The highest BCUT2D eigenvalue weighted by atomic mass is 19.3. The first-order chi connectivity index (χ1) is 10.0. The number of halogens is 2. The number of carbonyl (C=O) groups excluding carboxylic acids is 1. The van der Waals surface area contributed by atoms with Gasteiger partial charge in [-0.15, -0.1) is 0 Å². The van der Waals surface area contributed by atoms with Crippen molar-refractivity contribution in [2.45, 2.75) is 12.8 Å². The van der Waals surface area contributed by atoms with Gasteiger partial charge in [-0.3, -0.25) is 4.79 Å². The third-order valence-corrected chi connectivity index (χ3v) is 2.92. The molecule has 1 amide bonds. The van der Waals surface area contributed by atoms with Gasteiger partial charge in [-0.05, 0) is 6.07 Å². The van der Waals surface area contributed by atoms with Crippen LogP contribution >= 0.6 is 0 Å². The molecule has 0 heterocycles. The zero-order valence-electron chi connectivity index (χ0n) is 12.0. The molecule has 1 rings (SSSR count). The molecule has 0 bridgehead atoms. The van der Waals surface area contributed by atoms with Crippen LogP contribution in [0.25, 0.3) is 0 Å². The fraction of sp³-hybridized carbons (Fsp3) is 0.500. The maximum absolute atomic E-state index is 12.4. The van der Waals surface area contributed by atoms with Crippen molar-refractivity contribution in [3.05, 3.63) is 23.8 Å². The van der Waals surface area contributed by atoms with Crippen LogP contribution in [0.15, 0.2) is 18.2 Å². The number of alkyl halides is 2. The molecule has 0 aliphatic heterocycles. The van der Waals surface area contributed by atoms with Gasteiger partial charge in [0, 0.05) is 18.2 Å². The second kappa shape index (κ2) is 8.41. The van der Waals surface area contributed by atoms with Crippen LogP contribution < -0.4 is 9.47 Å². The topological polar surface area (TPSA) is 59.0 Å². The Morgan fingerprint density at radius 1 is 1.33 bits per heavy atom. The first kappa shape index (κ1) is 17.2. The molecular formula is C14H19F2NO4. The second-order valence-electron chi connectivity index (χ2n) is 4.31. The molecule has 5 nitrogen and oxygen atoms in total. The van der Waals surface area contributed by atoms with Gasteiger partial charge >= 0.3 is 0 Å². The lowest BCUT2D eigenvalue weighted by molar-refractivity contribution is -0.133. The third-order valence-electron chi connectivity index (χ3n) is 2.92.